The third kappa shape index (κ3) is 4.82. The third-order valence-electron chi connectivity index (χ3n) is 4.52. The normalized spacial score (nSPS) is 13.4. The van der Waals surface area contributed by atoms with Crippen LogP contribution in [-0.2, 0) is 21.4 Å². The average Bonchev–Trinajstić information content (AvgIpc) is 3.14. The zero-order valence-corrected chi connectivity index (χ0v) is 16.1. The monoisotopic (exact) mass is 434 g/mol. The Morgan fingerprint density at radius 1 is 1.06 bits per heavy atom. The largest absolute Gasteiger partial charge is 0.481 e. The van der Waals surface area contributed by atoms with Crippen molar-refractivity contribution in [3.8, 4) is 0 Å². The number of alkyl halides is 3. The number of carbonyl (C=O) groups is 3. The number of carboxylic acid groups (broad SMARTS) is 1. The number of H-pyrrole nitrogens is 1. The molecule has 2 amide bonds. The van der Waals surface area contributed by atoms with Crippen molar-refractivity contribution in [2.75, 3.05) is 0 Å². The minimum absolute atomic E-state index is 0.0869. The maximum Gasteiger partial charge on any atom is 0.416 e. The molecule has 0 saturated carbocycles. The van der Waals surface area contributed by atoms with Crippen molar-refractivity contribution in [2.24, 2.45) is 0 Å². The lowest BCUT2D eigenvalue weighted by molar-refractivity contribution is -0.139. The highest BCUT2D eigenvalue weighted by Gasteiger charge is 2.40. The summed E-state index contributed by atoms with van der Waals surface area (Å²) in [6, 6.07) is 8.25. The van der Waals surface area contributed by atoms with Crippen molar-refractivity contribution in [3.63, 3.8) is 0 Å². The van der Waals surface area contributed by atoms with E-state index < -0.39 is 41.6 Å². The van der Waals surface area contributed by atoms with Crippen LogP contribution in [0.5, 0.6) is 0 Å². The Kier molecular flexibility index (Phi) is 5.69. The Balaban J connectivity index is 2.09. The molecular formula is C20H17F3N4O4. The molecule has 1 unspecified atom stereocenters. The molecule has 0 spiro atoms. The van der Waals surface area contributed by atoms with Crippen LogP contribution in [0.4, 0.5) is 13.2 Å². The van der Waals surface area contributed by atoms with Crippen LogP contribution in [0.25, 0.3) is 10.9 Å². The molecule has 0 saturated heterocycles. The Bertz CT molecular complexity index is 1140. The highest BCUT2D eigenvalue weighted by atomic mass is 19.4. The minimum Gasteiger partial charge on any atom is -0.481 e. The van der Waals surface area contributed by atoms with E-state index in [0.29, 0.717) is 17.0 Å². The van der Waals surface area contributed by atoms with E-state index in [1.807, 2.05) is 0 Å². The Hall–Kier alpha value is -3.89. The van der Waals surface area contributed by atoms with Gasteiger partial charge in [0, 0.05) is 17.9 Å². The average molecular weight is 434 g/mol. The number of fused-ring (bicyclic) bond motifs is 1. The first kappa shape index (κ1) is 21.8. The van der Waals surface area contributed by atoms with E-state index in [1.165, 1.54) is 24.4 Å². The van der Waals surface area contributed by atoms with Gasteiger partial charge in [0.25, 0.3) is 5.91 Å². The van der Waals surface area contributed by atoms with E-state index in [0.717, 1.165) is 19.1 Å². The number of nitrogens with one attached hydrogen (secondary N) is 3. The Morgan fingerprint density at radius 3 is 2.42 bits per heavy atom. The van der Waals surface area contributed by atoms with Crippen molar-refractivity contribution in [3.05, 3.63) is 65.4 Å². The first-order valence-corrected chi connectivity index (χ1v) is 8.94. The number of rotatable bonds is 6. The number of halogens is 3. The van der Waals surface area contributed by atoms with Gasteiger partial charge in [0.15, 0.2) is 0 Å². The fraction of sp³-hybridized carbons (Fsp3) is 0.200. The summed E-state index contributed by atoms with van der Waals surface area (Å²) in [7, 11) is 0. The fourth-order valence-electron chi connectivity index (χ4n) is 3.20. The lowest BCUT2D eigenvalue weighted by atomic mass is 9.92. The second kappa shape index (κ2) is 8.09. The third-order valence-corrected chi connectivity index (χ3v) is 4.52. The highest BCUT2D eigenvalue weighted by Crippen LogP contribution is 2.33. The summed E-state index contributed by atoms with van der Waals surface area (Å²) in [4.78, 5) is 36.4. The van der Waals surface area contributed by atoms with Gasteiger partial charge in [0.1, 0.15) is 5.66 Å². The number of hydrogen-bond acceptors (Lipinski definition) is 4. The number of benzene rings is 2. The van der Waals surface area contributed by atoms with Crippen molar-refractivity contribution in [2.45, 2.75) is 25.2 Å². The number of carboxylic acids is 1. The molecule has 0 fully saturated rings. The molecule has 8 nitrogen and oxygen atoms in total. The predicted molar refractivity (Wildman–Crippen MR) is 103 cm³/mol. The van der Waals surface area contributed by atoms with E-state index in [2.05, 4.69) is 20.8 Å². The number of aliphatic carboxylic acids is 1. The molecule has 2 aromatic carbocycles. The van der Waals surface area contributed by atoms with Gasteiger partial charge in [-0.3, -0.25) is 19.5 Å². The lowest BCUT2D eigenvalue weighted by Crippen LogP contribution is -2.58. The molecular weight excluding hydrogens is 417 g/mol. The van der Waals surface area contributed by atoms with Crippen LogP contribution in [0.15, 0.2) is 48.7 Å². The highest BCUT2D eigenvalue weighted by molar-refractivity contribution is 5.98. The summed E-state index contributed by atoms with van der Waals surface area (Å²) < 4.78 is 39.7. The summed E-state index contributed by atoms with van der Waals surface area (Å²) in [6.07, 6.45) is -4.07. The second-order valence-electron chi connectivity index (χ2n) is 6.86. The molecule has 0 aliphatic rings. The summed E-state index contributed by atoms with van der Waals surface area (Å²) in [5.74, 6) is -3.00. The predicted octanol–water partition coefficient (Wildman–Crippen LogP) is 2.78. The van der Waals surface area contributed by atoms with Crippen molar-refractivity contribution in [1.29, 1.82) is 0 Å². The van der Waals surface area contributed by atoms with Crippen molar-refractivity contribution < 1.29 is 32.7 Å². The van der Waals surface area contributed by atoms with E-state index in [9.17, 15) is 32.7 Å². The van der Waals surface area contributed by atoms with E-state index >= 15 is 0 Å². The lowest BCUT2D eigenvalue weighted by Gasteiger charge is -2.35. The van der Waals surface area contributed by atoms with Gasteiger partial charge >= 0.3 is 12.1 Å². The number of carbonyl (C=O) groups excluding carboxylic acids is 2. The second-order valence-corrected chi connectivity index (χ2v) is 6.86. The fourth-order valence-corrected chi connectivity index (χ4v) is 3.20. The van der Waals surface area contributed by atoms with Crippen LogP contribution in [0.3, 0.4) is 0 Å². The summed E-state index contributed by atoms with van der Waals surface area (Å²) in [5, 5.41) is 21.4. The zero-order valence-electron chi connectivity index (χ0n) is 16.1. The van der Waals surface area contributed by atoms with Crippen LogP contribution in [-0.4, -0.2) is 33.1 Å². The molecule has 1 heterocycles. The summed E-state index contributed by atoms with van der Waals surface area (Å²) in [6.45, 7) is 1.06. The minimum atomic E-state index is -4.71. The summed E-state index contributed by atoms with van der Waals surface area (Å²) in [5.41, 5.74) is -2.81. The maximum atomic E-state index is 13.2. The molecule has 0 aliphatic heterocycles. The standard InChI is InChI=1S/C20H17F3N4O4/c1-11(28)25-19(9-17(29)30,14-3-2-4-15(8-14)20(21,22)23)26-18(31)12-5-6-13-10-24-27-16(13)7-12/h2-8,10H,9H2,1H3,(H,24,27)(H,25,28)(H,26,31)(H,29,30). The zero-order chi connectivity index (χ0) is 22.8. The van der Waals surface area contributed by atoms with Crippen LogP contribution in [0.1, 0.15) is 34.8 Å². The molecule has 0 aliphatic carbocycles. The van der Waals surface area contributed by atoms with Gasteiger partial charge in [-0.1, -0.05) is 18.2 Å². The molecule has 1 atom stereocenters. The number of nitrogens with zero attached hydrogens (tertiary/aromatic N) is 1. The molecule has 0 radical (unpaired) electrons. The number of hydrogen-bond donors (Lipinski definition) is 4. The molecule has 4 N–H and O–H groups in total. The Labute approximate surface area is 173 Å². The van der Waals surface area contributed by atoms with Gasteiger partial charge < -0.3 is 15.7 Å². The SMILES string of the molecule is CC(=O)NC(CC(=O)O)(NC(=O)c1ccc2cn[nH]c2c1)c1cccc(C(F)(F)F)c1. The topological polar surface area (TPSA) is 124 Å². The van der Waals surface area contributed by atoms with Gasteiger partial charge in [-0.25, -0.2) is 0 Å². The number of aromatic nitrogens is 2. The summed E-state index contributed by atoms with van der Waals surface area (Å²) >= 11 is 0. The smallest absolute Gasteiger partial charge is 0.416 e. The molecule has 3 rings (SSSR count). The van der Waals surface area contributed by atoms with Crippen molar-refractivity contribution >= 4 is 28.7 Å². The quantitative estimate of drug-likeness (QED) is 0.444. The van der Waals surface area contributed by atoms with Crippen LogP contribution >= 0.6 is 0 Å². The first-order chi connectivity index (χ1) is 14.5. The van der Waals surface area contributed by atoms with Gasteiger partial charge in [-0.15, -0.1) is 0 Å². The molecule has 162 valence electrons. The van der Waals surface area contributed by atoms with Gasteiger partial charge in [0.05, 0.1) is 23.7 Å². The number of amides is 2. The Morgan fingerprint density at radius 2 is 1.77 bits per heavy atom. The van der Waals surface area contributed by atoms with E-state index in [4.69, 9.17) is 0 Å². The molecule has 0 bridgehead atoms. The first-order valence-electron chi connectivity index (χ1n) is 8.94. The van der Waals surface area contributed by atoms with Crippen molar-refractivity contribution in [1.82, 2.24) is 20.8 Å². The van der Waals surface area contributed by atoms with Crippen LogP contribution < -0.4 is 10.6 Å². The van der Waals surface area contributed by atoms with Gasteiger partial charge in [0.2, 0.25) is 5.91 Å². The van der Waals surface area contributed by atoms with Crippen LogP contribution in [0, 0.1) is 0 Å². The molecule has 1 aromatic heterocycles. The van der Waals surface area contributed by atoms with E-state index in [-0.39, 0.29) is 11.1 Å². The van der Waals surface area contributed by atoms with Gasteiger partial charge in [-0.05, 0) is 29.8 Å². The van der Waals surface area contributed by atoms with E-state index in [1.54, 1.807) is 6.07 Å². The molecule has 31 heavy (non-hydrogen) atoms. The van der Waals surface area contributed by atoms with Gasteiger partial charge in [-0.2, -0.15) is 18.3 Å². The molecule has 3 aromatic rings. The number of aromatic amines is 1. The van der Waals surface area contributed by atoms with Crippen LogP contribution in [0.2, 0.25) is 0 Å². The maximum absolute atomic E-state index is 13.2. The molecule has 11 heteroatoms.